The Kier molecular flexibility index (Phi) is 4.98. The van der Waals surface area contributed by atoms with Crippen LogP contribution in [0.4, 0.5) is 0 Å². The molecule has 0 amide bonds. The Morgan fingerprint density at radius 3 is 2.91 bits per heavy atom. The summed E-state index contributed by atoms with van der Waals surface area (Å²) < 4.78 is 7.07. The minimum Gasteiger partial charge on any atom is -0.408 e. The Bertz CT molecular complexity index is 658. The Labute approximate surface area is 131 Å². The van der Waals surface area contributed by atoms with E-state index in [1.54, 1.807) is 4.57 Å². The van der Waals surface area contributed by atoms with Gasteiger partial charge in [0.05, 0.1) is 5.52 Å². The van der Waals surface area contributed by atoms with E-state index < -0.39 is 0 Å². The van der Waals surface area contributed by atoms with Crippen molar-refractivity contribution in [2.45, 2.75) is 45.6 Å². The summed E-state index contributed by atoms with van der Waals surface area (Å²) in [4.78, 5) is 14.5. The number of aromatic nitrogens is 1. The second kappa shape index (κ2) is 7.14. The van der Waals surface area contributed by atoms with Crippen LogP contribution in [-0.4, -0.2) is 29.1 Å². The van der Waals surface area contributed by atoms with E-state index in [4.69, 9.17) is 4.42 Å². The number of likely N-dealkylation sites (tertiary alicyclic amines) is 1. The highest BCUT2D eigenvalue weighted by Gasteiger charge is 2.17. The van der Waals surface area contributed by atoms with Crippen molar-refractivity contribution in [2.24, 2.45) is 5.92 Å². The van der Waals surface area contributed by atoms with E-state index in [-0.39, 0.29) is 5.76 Å². The van der Waals surface area contributed by atoms with E-state index in [1.807, 2.05) is 24.3 Å². The number of hydrogen-bond donors (Lipinski definition) is 0. The summed E-state index contributed by atoms with van der Waals surface area (Å²) in [7, 11) is 0. The van der Waals surface area contributed by atoms with Crippen LogP contribution in [0.2, 0.25) is 0 Å². The van der Waals surface area contributed by atoms with Crippen molar-refractivity contribution < 1.29 is 4.42 Å². The smallest absolute Gasteiger partial charge is 0.408 e. The van der Waals surface area contributed by atoms with Gasteiger partial charge in [-0.1, -0.05) is 31.9 Å². The van der Waals surface area contributed by atoms with E-state index in [9.17, 15) is 4.79 Å². The summed E-state index contributed by atoms with van der Waals surface area (Å²) in [6, 6.07) is 7.67. The molecule has 2 aromatic rings. The van der Waals surface area contributed by atoms with Crippen LogP contribution >= 0.6 is 0 Å². The third kappa shape index (κ3) is 3.43. The Hall–Kier alpha value is -1.55. The van der Waals surface area contributed by atoms with Gasteiger partial charge in [-0.25, -0.2) is 4.79 Å². The van der Waals surface area contributed by atoms with Crippen molar-refractivity contribution in [3.05, 3.63) is 34.8 Å². The molecule has 1 aromatic carbocycles. The fraction of sp³-hybridized carbons (Fsp3) is 0.611. The molecule has 3 rings (SSSR count). The largest absolute Gasteiger partial charge is 0.419 e. The third-order valence-electron chi connectivity index (χ3n) is 4.85. The van der Waals surface area contributed by atoms with E-state index >= 15 is 0 Å². The first-order chi connectivity index (χ1) is 10.8. The van der Waals surface area contributed by atoms with E-state index in [2.05, 4.69) is 11.8 Å². The van der Waals surface area contributed by atoms with Gasteiger partial charge < -0.3 is 9.32 Å². The summed E-state index contributed by atoms with van der Waals surface area (Å²) in [5.41, 5.74) is 1.59. The van der Waals surface area contributed by atoms with Crippen LogP contribution in [0.15, 0.2) is 33.5 Å². The van der Waals surface area contributed by atoms with Crippen molar-refractivity contribution in [3.63, 3.8) is 0 Å². The summed E-state index contributed by atoms with van der Waals surface area (Å²) in [5.74, 6) is 0.660. The summed E-state index contributed by atoms with van der Waals surface area (Å²) >= 11 is 0. The Balaban J connectivity index is 1.62. The van der Waals surface area contributed by atoms with Gasteiger partial charge in [-0.3, -0.25) is 4.57 Å². The fourth-order valence-electron chi connectivity index (χ4n) is 3.61. The number of hydrogen-bond acceptors (Lipinski definition) is 3. The summed E-state index contributed by atoms with van der Waals surface area (Å²) in [6.07, 6.45) is 6.60. The molecule has 120 valence electrons. The SMILES string of the molecule is CCCC1CCCN(CCn2c(=O)oc3ccccc32)CC1. The average molecular weight is 302 g/mol. The summed E-state index contributed by atoms with van der Waals surface area (Å²) in [6.45, 7) is 6.25. The molecule has 0 aliphatic carbocycles. The van der Waals surface area contributed by atoms with Gasteiger partial charge in [0.15, 0.2) is 5.58 Å². The molecule has 4 heteroatoms. The molecule has 1 fully saturated rings. The zero-order valence-electron chi connectivity index (χ0n) is 13.5. The minimum absolute atomic E-state index is 0.236. The van der Waals surface area contributed by atoms with Gasteiger partial charge in [0.1, 0.15) is 0 Å². The van der Waals surface area contributed by atoms with Crippen LogP contribution in [0.1, 0.15) is 39.0 Å². The topological polar surface area (TPSA) is 38.4 Å². The highest BCUT2D eigenvalue weighted by atomic mass is 16.4. The zero-order chi connectivity index (χ0) is 15.4. The number of oxazole rings is 1. The lowest BCUT2D eigenvalue weighted by atomic mass is 9.96. The molecule has 0 saturated carbocycles. The van der Waals surface area contributed by atoms with Gasteiger partial charge in [-0.15, -0.1) is 0 Å². The van der Waals surface area contributed by atoms with Crippen molar-refractivity contribution in [3.8, 4) is 0 Å². The van der Waals surface area contributed by atoms with Gasteiger partial charge in [-0.05, 0) is 50.4 Å². The molecule has 1 saturated heterocycles. The highest BCUT2D eigenvalue weighted by Crippen LogP contribution is 2.22. The van der Waals surface area contributed by atoms with Gasteiger partial charge in [-0.2, -0.15) is 0 Å². The standard InChI is InChI=1S/C18H26N2O2/c1-2-6-15-7-5-11-19(12-10-15)13-14-20-16-8-3-4-9-17(16)22-18(20)21/h3-4,8-9,15H,2,5-7,10-14H2,1H3. The van der Waals surface area contributed by atoms with Crippen LogP contribution in [-0.2, 0) is 6.54 Å². The van der Waals surface area contributed by atoms with Crippen LogP contribution in [0.5, 0.6) is 0 Å². The lowest BCUT2D eigenvalue weighted by Crippen LogP contribution is -2.30. The maximum atomic E-state index is 12.0. The number of nitrogens with zero attached hydrogens (tertiary/aromatic N) is 2. The quantitative estimate of drug-likeness (QED) is 0.848. The van der Waals surface area contributed by atoms with E-state index in [0.29, 0.717) is 12.1 Å². The first kappa shape index (κ1) is 15.3. The van der Waals surface area contributed by atoms with Crippen molar-refractivity contribution in [2.75, 3.05) is 19.6 Å². The monoisotopic (exact) mass is 302 g/mol. The normalized spacial score (nSPS) is 20.3. The number of rotatable bonds is 5. The molecular formula is C18H26N2O2. The predicted octanol–water partition coefficient (Wildman–Crippen LogP) is 3.50. The molecule has 1 aliphatic heterocycles. The molecule has 1 aromatic heterocycles. The molecule has 0 N–H and O–H groups in total. The molecule has 0 bridgehead atoms. The second-order valence-corrected chi connectivity index (χ2v) is 6.41. The maximum absolute atomic E-state index is 12.0. The second-order valence-electron chi connectivity index (χ2n) is 6.41. The van der Waals surface area contributed by atoms with Gasteiger partial charge in [0.2, 0.25) is 0 Å². The Morgan fingerprint density at radius 2 is 2.05 bits per heavy atom. The van der Waals surface area contributed by atoms with Crippen molar-refractivity contribution in [1.82, 2.24) is 9.47 Å². The number of para-hydroxylation sites is 2. The van der Waals surface area contributed by atoms with E-state index in [0.717, 1.165) is 31.1 Å². The molecular weight excluding hydrogens is 276 g/mol. The molecule has 1 aliphatic rings. The van der Waals surface area contributed by atoms with Crippen LogP contribution in [0.3, 0.4) is 0 Å². The first-order valence-electron chi connectivity index (χ1n) is 8.58. The third-order valence-corrected chi connectivity index (χ3v) is 4.85. The van der Waals surface area contributed by atoms with Gasteiger partial charge >= 0.3 is 5.76 Å². The lowest BCUT2D eigenvalue weighted by molar-refractivity contribution is 0.266. The number of fused-ring (bicyclic) bond motifs is 1. The van der Waals surface area contributed by atoms with Crippen LogP contribution in [0.25, 0.3) is 11.1 Å². The van der Waals surface area contributed by atoms with Crippen molar-refractivity contribution >= 4 is 11.1 Å². The fourth-order valence-corrected chi connectivity index (χ4v) is 3.61. The first-order valence-corrected chi connectivity index (χ1v) is 8.58. The van der Waals surface area contributed by atoms with Crippen LogP contribution < -0.4 is 5.76 Å². The van der Waals surface area contributed by atoms with Gasteiger partial charge in [0, 0.05) is 13.1 Å². The molecule has 2 heterocycles. The van der Waals surface area contributed by atoms with Gasteiger partial charge in [0.25, 0.3) is 0 Å². The highest BCUT2D eigenvalue weighted by molar-refractivity contribution is 5.72. The maximum Gasteiger partial charge on any atom is 0.419 e. The molecule has 0 radical (unpaired) electrons. The molecule has 0 spiro atoms. The average Bonchev–Trinajstić information content (AvgIpc) is 2.69. The Morgan fingerprint density at radius 1 is 1.18 bits per heavy atom. The van der Waals surface area contributed by atoms with E-state index in [1.165, 1.54) is 32.1 Å². The summed E-state index contributed by atoms with van der Waals surface area (Å²) in [5, 5.41) is 0. The molecule has 22 heavy (non-hydrogen) atoms. The van der Waals surface area contributed by atoms with Crippen LogP contribution in [0, 0.1) is 5.92 Å². The minimum atomic E-state index is -0.236. The predicted molar refractivity (Wildman–Crippen MR) is 89.2 cm³/mol. The molecule has 1 atom stereocenters. The lowest BCUT2D eigenvalue weighted by Gasteiger charge is -2.20. The number of benzene rings is 1. The molecule has 4 nitrogen and oxygen atoms in total. The molecule has 1 unspecified atom stereocenters. The van der Waals surface area contributed by atoms with Crippen molar-refractivity contribution in [1.29, 1.82) is 0 Å². The zero-order valence-corrected chi connectivity index (χ0v) is 13.5.